The van der Waals surface area contributed by atoms with Crippen LogP contribution in [0.3, 0.4) is 0 Å². The molecule has 1 amide bonds. The number of hydrogen-bond acceptors (Lipinski definition) is 4. The monoisotopic (exact) mass is 240 g/mol. The fourth-order valence-electron chi connectivity index (χ4n) is 1.39. The highest BCUT2D eigenvalue weighted by molar-refractivity contribution is 5.82. The largest absolute Gasteiger partial charge is 0.382 e. The molecule has 17 heavy (non-hydrogen) atoms. The molecule has 0 fully saturated rings. The van der Waals surface area contributed by atoms with Gasteiger partial charge in [-0.05, 0) is 13.3 Å². The minimum atomic E-state index is -0.657. The molecule has 6 heteroatoms. The topological polar surface area (TPSA) is 82.2 Å². The first-order valence-corrected chi connectivity index (χ1v) is 5.74. The van der Waals surface area contributed by atoms with E-state index in [1.54, 1.807) is 24.1 Å². The molecule has 0 saturated carbocycles. The molecule has 1 heterocycles. The Labute approximate surface area is 101 Å². The van der Waals surface area contributed by atoms with E-state index in [1.807, 2.05) is 6.92 Å². The van der Waals surface area contributed by atoms with Crippen molar-refractivity contribution in [1.82, 2.24) is 15.1 Å². The number of ether oxygens (including phenoxy) is 1. The zero-order valence-corrected chi connectivity index (χ0v) is 10.3. The highest BCUT2D eigenvalue weighted by Crippen LogP contribution is 2.07. The predicted octanol–water partition coefficient (Wildman–Crippen LogP) is -0.0373. The lowest BCUT2D eigenvalue weighted by Crippen LogP contribution is -2.34. The Morgan fingerprint density at radius 3 is 3.06 bits per heavy atom. The second kappa shape index (κ2) is 7.03. The molecule has 6 nitrogen and oxygen atoms in total. The van der Waals surface area contributed by atoms with Crippen LogP contribution in [-0.2, 0) is 16.6 Å². The second-order valence-corrected chi connectivity index (χ2v) is 3.77. The number of rotatable bonds is 7. The molecule has 1 aromatic heterocycles. The lowest BCUT2D eigenvalue weighted by Gasteiger charge is -2.10. The smallest absolute Gasteiger partial charge is 0.241 e. The molecule has 0 radical (unpaired) electrons. The van der Waals surface area contributed by atoms with Crippen LogP contribution < -0.4 is 11.1 Å². The molecular formula is C11H20N4O2. The lowest BCUT2D eigenvalue weighted by molar-refractivity contribution is -0.122. The van der Waals surface area contributed by atoms with Crippen LogP contribution in [0.1, 0.15) is 24.9 Å². The predicted molar refractivity (Wildman–Crippen MR) is 64.3 cm³/mol. The Kier molecular flexibility index (Phi) is 5.65. The average molecular weight is 240 g/mol. The molecule has 3 N–H and O–H groups in total. The van der Waals surface area contributed by atoms with E-state index in [2.05, 4.69) is 10.4 Å². The number of nitrogens with two attached hydrogens (primary N) is 1. The van der Waals surface area contributed by atoms with Gasteiger partial charge in [0.1, 0.15) is 6.04 Å². The van der Waals surface area contributed by atoms with Crippen molar-refractivity contribution in [2.45, 2.75) is 19.4 Å². The van der Waals surface area contributed by atoms with E-state index >= 15 is 0 Å². The van der Waals surface area contributed by atoms with Crippen LogP contribution in [0.25, 0.3) is 0 Å². The average Bonchev–Trinajstić information content (AvgIpc) is 2.74. The van der Waals surface area contributed by atoms with Gasteiger partial charge in [0, 0.05) is 38.6 Å². The molecule has 96 valence electrons. The van der Waals surface area contributed by atoms with Crippen molar-refractivity contribution in [3.63, 3.8) is 0 Å². The van der Waals surface area contributed by atoms with Gasteiger partial charge in [0.2, 0.25) is 5.91 Å². The molecule has 0 saturated heterocycles. The maximum Gasteiger partial charge on any atom is 0.241 e. The lowest BCUT2D eigenvalue weighted by atomic mass is 10.1. The summed E-state index contributed by atoms with van der Waals surface area (Å²) in [5.41, 5.74) is 6.51. The number of nitrogens with one attached hydrogen (secondary N) is 1. The highest BCUT2D eigenvalue weighted by atomic mass is 16.5. The van der Waals surface area contributed by atoms with E-state index in [0.717, 1.165) is 12.0 Å². The van der Waals surface area contributed by atoms with Crippen LogP contribution in [0.15, 0.2) is 12.4 Å². The van der Waals surface area contributed by atoms with Gasteiger partial charge in [0.15, 0.2) is 0 Å². The summed E-state index contributed by atoms with van der Waals surface area (Å²) in [6, 6.07) is -0.657. The van der Waals surface area contributed by atoms with Crippen molar-refractivity contribution in [1.29, 1.82) is 0 Å². The van der Waals surface area contributed by atoms with Crippen molar-refractivity contribution in [3.05, 3.63) is 18.0 Å². The van der Waals surface area contributed by atoms with Crippen LogP contribution >= 0.6 is 0 Å². The fourth-order valence-corrected chi connectivity index (χ4v) is 1.39. The molecule has 0 aliphatic carbocycles. The van der Waals surface area contributed by atoms with Gasteiger partial charge in [-0.1, -0.05) is 0 Å². The zero-order valence-electron chi connectivity index (χ0n) is 10.3. The second-order valence-electron chi connectivity index (χ2n) is 3.77. The molecule has 1 atom stereocenters. The van der Waals surface area contributed by atoms with Gasteiger partial charge in [0.25, 0.3) is 0 Å². The summed E-state index contributed by atoms with van der Waals surface area (Å²) in [4.78, 5) is 11.7. The molecule has 1 rings (SSSR count). The number of nitrogens with zero attached hydrogens (tertiary/aromatic N) is 2. The number of amides is 1. The minimum absolute atomic E-state index is 0.186. The summed E-state index contributed by atoms with van der Waals surface area (Å²) in [5.74, 6) is -0.186. The number of hydrogen-bond donors (Lipinski definition) is 2. The molecule has 0 aromatic carbocycles. The Balaban J connectivity index is 2.28. The third-order valence-corrected chi connectivity index (χ3v) is 2.34. The third-order valence-electron chi connectivity index (χ3n) is 2.34. The quantitative estimate of drug-likeness (QED) is 0.655. The van der Waals surface area contributed by atoms with E-state index in [0.29, 0.717) is 19.8 Å². The Morgan fingerprint density at radius 2 is 2.47 bits per heavy atom. The summed E-state index contributed by atoms with van der Waals surface area (Å²) in [5, 5.41) is 6.75. The van der Waals surface area contributed by atoms with Crippen molar-refractivity contribution in [3.8, 4) is 0 Å². The summed E-state index contributed by atoms with van der Waals surface area (Å²) in [7, 11) is 1.79. The number of aromatic nitrogens is 2. The van der Waals surface area contributed by atoms with Gasteiger partial charge in [-0.2, -0.15) is 5.10 Å². The molecule has 0 bridgehead atoms. The highest BCUT2D eigenvalue weighted by Gasteiger charge is 2.16. The van der Waals surface area contributed by atoms with Crippen molar-refractivity contribution in [2.75, 3.05) is 19.8 Å². The first-order valence-electron chi connectivity index (χ1n) is 5.74. The Bertz CT molecular complexity index is 351. The van der Waals surface area contributed by atoms with Crippen LogP contribution in [0.4, 0.5) is 0 Å². The zero-order chi connectivity index (χ0) is 12.7. The summed E-state index contributed by atoms with van der Waals surface area (Å²) in [6.45, 7) is 3.87. The van der Waals surface area contributed by atoms with E-state index in [1.165, 1.54) is 0 Å². The first kappa shape index (κ1) is 13.7. The normalized spacial score (nSPS) is 12.4. The van der Waals surface area contributed by atoms with Crippen LogP contribution in [0, 0.1) is 0 Å². The molecule has 1 aromatic rings. The van der Waals surface area contributed by atoms with Gasteiger partial charge in [-0.3, -0.25) is 9.48 Å². The van der Waals surface area contributed by atoms with Crippen LogP contribution in [0.5, 0.6) is 0 Å². The number of aryl methyl sites for hydroxylation is 1. The molecule has 0 spiro atoms. The summed E-state index contributed by atoms with van der Waals surface area (Å²) in [6.07, 6.45) is 4.13. The van der Waals surface area contributed by atoms with E-state index in [-0.39, 0.29) is 5.91 Å². The minimum Gasteiger partial charge on any atom is -0.382 e. The van der Waals surface area contributed by atoms with Crippen molar-refractivity contribution in [2.24, 2.45) is 12.8 Å². The third kappa shape index (κ3) is 4.54. The summed E-state index contributed by atoms with van der Waals surface area (Å²) >= 11 is 0. The van der Waals surface area contributed by atoms with Gasteiger partial charge in [0.05, 0.1) is 6.20 Å². The van der Waals surface area contributed by atoms with Crippen molar-refractivity contribution >= 4 is 5.91 Å². The van der Waals surface area contributed by atoms with Crippen LogP contribution in [-0.4, -0.2) is 35.4 Å². The van der Waals surface area contributed by atoms with Gasteiger partial charge in [-0.25, -0.2) is 0 Å². The van der Waals surface area contributed by atoms with Crippen molar-refractivity contribution < 1.29 is 9.53 Å². The van der Waals surface area contributed by atoms with E-state index < -0.39 is 6.04 Å². The summed E-state index contributed by atoms with van der Waals surface area (Å²) < 4.78 is 6.79. The molecular weight excluding hydrogens is 220 g/mol. The van der Waals surface area contributed by atoms with Gasteiger partial charge < -0.3 is 15.8 Å². The molecule has 1 unspecified atom stereocenters. The van der Waals surface area contributed by atoms with E-state index in [4.69, 9.17) is 10.5 Å². The maximum absolute atomic E-state index is 11.7. The maximum atomic E-state index is 11.7. The number of carbonyl (C=O) groups excluding carboxylic acids is 1. The van der Waals surface area contributed by atoms with E-state index in [9.17, 15) is 4.79 Å². The first-order chi connectivity index (χ1) is 8.15. The molecule has 0 aliphatic rings. The van der Waals surface area contributed by atoms with Gasteiger partial charge >= 0.3 is 0 Å². The molecule has 0 aliphatic heterocycles. The SMILES string of the molecule is CCOCCCNC(=O)C(N)c1cnn(C)c1. The Hall–Kier alpha value is -1.40. The van der Waals surface area contributed by atoms with Gasteiger partial charge in [-0.15, -0.1) is 0 Å². The number of carbonyl (C=O) groups is 1. The Morgan fingerprint density at radius 1 is 1.71 bits per heavy atom. The fraction of sp³-hybridized carbons (Fsp3) is 0.636. The standard InChI is InChI=1S/C11H20N4O2/c1-3-17-6-4-5-13-11(16)10(12)9-7-14-15(2)8-9/h7-8,10H,3-6,12H2,1-2H3,(H,13,16). The van der Waals surface area contributed by atoms with Crippen LogP contribution in [0.2, 0.25) is 0 Å².